The van der Waals surface area contributed by atoms with E-state index in [4.69, 9.17) is 0 Å². The van der Waals surface area contributed by atoms with Gasteiger partial charge in [0.1, 0.15) is 18.0 Å². The third-order valence-corrected chi connectivity index (χ3v) is 7.90. The van der Waals surface area contributed by atoms with Crippen molar-refractivity contribution in [1.82, 2.24) is 34.9 Å². The van der Waals surface area contributed by atoms with Gasteiger partial charge in [-0.15, -0.1) is 0 Å². The number of hydrogen-bond donors (Lipinski definition) is 1. The summed E-state index contributed by atoms with van der Waals surface area (Å²) in [6, 6.07) is 0.122. The van der Waals surface area contributed by atoms with Gasteiger partial charge in [0.2, 0.25) is 0 Å². The highest BCUT2D eigenvalue weighted by molar-refractivity contribution is 5.76. The minimum Gasteiger partial charge on any atom is -0.354 e. The van der Waals surface area contributed by atoms with Gasteiger partial charge in [0.15, 0.2) is 0 Å². The second-order valence-corrected chi connectivity index (χ2v) is 10.4. The number of H-pyrrole nitrogens is 1. The molecule has 5 heterocycles. The maximum atomic E-state index is 12.9. The Morgan fingerprint density at radius 3 is 2.53 bits per heavy atom. The molecule has 4 fully saturated rings. The first kappa shape index (κ1) is 21.6. The number of alkyl halides is 3. The van der Waals surface area contributed by atoms with Crippen LogP contribution in [0.25, 0.3) is 0 Å². The molecule has 2 aromatic heterocycles. The van der Waals surface area contributed by atoms with E-state index in [2.05, 4.69) is 25.1 Å². The molecule has 2 aromatic rings. The molecule has 2 amide bonds. The number of amides is 2. The predicted molar refractivity (Wildman–Crippen MR) is 115 cm³/mol. The lowest BCUT2D eigenvalue weighted by atomic mass is 9.57. The van der Waals surface area contributed by atoms with Gasteiger partial charge in [-0.3, -0.25) is 10.1 Å². The van der Waals surface area contributed by atoms with Gasteiger partial charge in [0, 0.05) is 50.6 Å². The first-order chi connectivity index (χ1) is 16.3. The van der Waals surface area contributed by atoms with E-state index in [1.54, 1.807) is 17.3 Å². The Morgan fingerprint density at radius 1 is 1.09 bits per heavy atom. The van der Waals surface area contributed by atoms with Crippen LogP contribution in [0.5, 0.6) is 0 Å². The van der Waals surface area contributed by atoms with Gasteiger partial charge in [0.05, 0.1) is 24.0 Å². The number of carbonyl (C=O) groups is 1. The van der Waals surface area contributed by atoms with Gasteiger partial charge < -0.3 is 14.7 Å². The number of nitrogens with zero attached hydrogens (tertiary/aromatic N) is 7. The number of aromatic nitrogens is 5. The van der Waals surface area contributed by atoms with Crippen molar-refractivity contribution in [3.63, 3.8) is 0 Å². The molecule has 1 aliphatic carbocycles. The summed E-state index contributed by atoms with van der Waals surface area (Å²) in [4.78, 5) is 31.3. The van der Waals surface area contributed by atoms with Gasteiger partial charge in [-0.05, 0) is 31.6 Å². The zero-order chi connectivity index (χ0) is 23.5. The molecule has 3 saturated heterocycles. The van der Waals surface area contributed by atoms with E-state index in [9.17, 15) is 18.0 Å². The minimum absolute atomic E-state index is 0.0456. The van der Waals surface area contributed by atoms with Crippen molar-refractivity contribution in [2.75, 3.05) is 44.2 Å². The van der Waals surface area contributed by atoms with Crippen LogP contribution in [0.4, 0.5) is 23.8 Å². The fourth-order valence-electron chi connectivity index (χ4n) is 6.02. The highest BCUT2D eigenvalue weighted by atomic mass is 19.4. The molecule has 1 spiro atoms. The van der Waals surface area contributed by atoms with Gasteiger partial charge in [-0.2, -0.15) is 18.3 Å². The van der Waals surface area contributed by atoms with Gasteiger partial charge in [-0.1, -0.05) is 0 Å². The van der Waals surface area contributed by atoms with Gasteiger partial charge in [0.25, 0.3) is 0 Å². The van der Waals surface area contributed by atoms with Crippen LogP contribution in [0.3, 0.4) is 0 Å². The van der Waals surface area contributed by atoms with Crippen molar-refractivity contribution in [1.29, 1.82) is 0 Å². The SMILES string of the molecule is O=C(N1CC[C@H](c2ncn[nH]2)C1)N1CC2(CC(Cc3cnc(N4CC(C(F)(F)F)C4)cn3)C2)C1. The number of carbonyl (C=O) groups excluding carboxylic acids is 1. The normalized spacial score (nSPS) is 24.8. The highest BCUT2D eigenvalue weighted by Crippen LogP contribution is 2.53. The van der Waals surface area contributed by atoms with Crippen LogP contribution in [0, 0.1) is 17.3 Å². The molecule has 1 atom stereocenters. The maximum Gasteiger partial charge on any atom is 0.395 e. The van der Waals surface area contributed by atoms with Crippen molar-refractivity contribution in [2.24, 2.45) is 17.3 Å². The van der Waals surface area contributed by atoms with Crippen LogP contribution < -0.4 is 4.90 Å². The number of nitrogens with one attached hydrogen (secondary N) is 1. The summed E-state index contributed by atoms with van der Waals surface area (Å²) >= 11 is 0. The molecule has 0 bridgehead atoms. The Kier molecular flexibility index (Phi) is 4.96. The molecule has 6 rings (SSSR count). The Bertz CT molecular complexity index is 1020. The number of halogens is 3. The molecule has 9 nitrogen and oxygen atoms in total. The molecule has 182 valence electrons. The molecular weight excluding hydrogens is 449 g/mol. The summed E-state index contributed by atoms with van der Waals surface area (Å²) < 4.78 is 38.0. The van der Waals surface area contributed by atoms with Crippen molar-refractivity contribution in [2.45, 2.75) is 37.8 Å². The number of urea groups is 1. The van der Waals surface area contributed by atoms with E-state index in [0.29, 0.717) is 18.3 Å². The van der Waals surface area contributed by atoms with Crippen LogP contribution in [0.2, 0.25) is 0 Å². The maximum absolute atomic E-state index is 12.9. The van der Waals surface area contributed by atoms with Gasteiger partial charge >= 0.3 is 12.2 Å². The summed E-state index contributed by atoms with van der Waals surface area (Å²) in [6.45, 7) is 2.96. The van der Waals surface area contributed by atoms with Crippen LogP contribution >= 0.6 is 0 Å². The lowest BCUT2D eigenvalue weighted by molar-refractivity contribution is -0.180. The van der Waals surface area contributed by atoms with Crippen LogP contribution in [0.1, 0.15) is 36.7 Å². The molecule has 3 aliphatic heterocycles. The van der Waals surface area contributed by atoms with Crippen LogP contribution in [0.15, 0.2) is 18.7 Å². The summed E-state index contributed by atoms with van der Waals surface area (Å²) in [5, 5.41) is 6.81. The Morgan fingerprint density at radius 2 is 1.88 bits per heavy atom. The highest BCUT2D eigenvalue weighted by Gasteiger charge is 2.54. The largest absolute Gasteiger partial charge is 0.395 e. The van der Waals surface area contributed by atoms with E-state index in [1.807, 2.05) is 9.80 Å². The van der Waals surface area contributed by atoms with Crippen LogP contribution in [-0.2, 0) is 6.42 Å². The zero-order valence-electron chi connectivity index (χ0n) is 18.7. The topological polar surface area (TPSA) is 94.1 Å². The first-order valence-corrected chi connectivity index (χ1v) is 11.8. The molecule has 0 aromatic carbocycles. The molecule has 4 aliphatic rings. The molecule has 0 radical (unpaired) electrons. The Labute approximate surface area is 194 Å². The summed E-state index contributed by atoms with van der Waals surface area (Å²) in [5.74, 6) is 0.834. The average Bonchev–Trinajstić information content (AvgIpc) is 3.38. The number of likely N-dealkylation sites (tertiary alicyclic amines) is 2. The summed E-state index contributed by atoms with van der Waals surface area (Å²) in [5.41, 5.74) is 1.11. The lowest BCUT2D eigenvalue weighted by Crippen LogP contribution is -2.65. The number of hydrogen-bond acceptors (Lipinski definition) is 6. The summed E-state index contributed by atoms with van der Waals surface area (Å²) in [6.07, 6.45) is 4.51. The first-order valence-electron chi connectivity index (χ1n) is 11.8. The lowest BCUT2D eigenvalue weighted by Gasteiger charge is -2.59. The number of anilines is 1. The van der Waals surface area contributed by atoms with Crippen molar-refractivity contribution in [3.8, 4) is 0 Å². The van der Waals surface area contributed by atoms with Gasteiger partial charge in [-0.25, -0.2) is 14.8 Å². The Balaban J connectivity index is 0.934. The molecule has 12 heteroatoms. The number of rotatable bonds is 4. The predicted octanol–water partition coefficient (Wildman–Crippen LogP) is 2.46. The zero-order valence-corrected chi connectivity index (χ0v) is 18.7. The fourth-order valence-corrected chi connectivity index (χ4v) is 6.02. The standard InChI is InChI=1S/C22H27F3N8O/c23-22(24,25)16-9-32(10-16)18-7-26-17(6-27-18)3-14-4-21(5-14)11-33(12-21)20(34)31-2-1-15(8-31)19-28-13-29-30-19/h6-7,13-16H,1-5,8-12H2,(H,28,29,30)/t15-/m0/s1. The second-order valence-electron chi connectivity index (χ2n) is 10.4. The van der Waals surface area contributed by atoms with E-state index in [0.717, 1.165) is 56.8 Å². The third-order valence-electron chi connectivity index (χ3n) is 7.90. The van der Waals surface area contributed by atoms with Crippen molar-refractivity contribution >= 4 is 11.8 Å². The Hall–Kier alpha value is -2.92. The molecular formula is C22H27F3N8O. The van der Waals surface area contributed by atoms with Crippen LogP contribution in [-0.4, -0.2) is 86.4 Å². The smallest absolute Gasteiger partial charge is 0.354 e. The fraction of sp³-hybridized carbons (Fsp3) is 0.682. The monoisotopic (exact) mass is 476 g/mol. The van der Waals surface area contributed by atoms with E-state index in [-0.39, 0.29) is 30.5 Å². The van der Waals surface area contributed by atoms with E-state index < -0.39 is 12.1 Å². The molecule has 0 unspecified atom stereocenters. The van der Waals surface area contributed by atoms with Crippen molar-refractivity contribution < 1.29 is 18.0 Å². The quantitative estimate of drug-likeness (QED) is 0.729. The summed E-state index contributed by atoms with van der Waals surface area (Å²) in [7, 11) is 0. The molecule has 1 saturated carbocycles. The third kappa shape index (κ3) is 3.86. The van der Waals surface area contributed by atoms with E-state index in [1.165, 1.54) is 6.33 Å². The van der Waals surface area contributed by atoms with Crippen molar-refractivity contribution in [3.05, 3.63) is 30.2 Å². The van der Waals surface area contributed by atoms with E-state index >= 15 is 0 Å². The minimum atomic E-state index is -4.14. The number of aromatic amines is 1. The second kappa shape index (κ2) is 7.81. The molecule has 34 heavy (non-hydrogen) atoms. The molecule has 1 N–H and O–H groups in total. The average molecular weight is 477 g/mol.